The van der Waals surface area contributed by atoms with Crippen LogP contribution in [-0.4, -0.2) is 26.5 Å². The Kier molecular flexibility index (Phi) is 5.34. The van der Waals surface area contributed by atoms with Crippen molar-refractivity contribution in [2.75, 3.05) is 12.4 Å². The Morgan fingerprint density at radius 3 is 2.65 bits per heavy atom. The van der Waals surface area contributed by atoms with Crippen LogP contribution in [0.1, 0.15) is 15.4 Å². The molecule has 1 aromatic heterocycles. The van der Waals surface area contributed by atoms with Crippen molar-refractivity contribution in [3.63, 3.8) is 0 Å². The molecule has 9 heteroatoms. The molecule has 0 bridgehead atoms. The van der Waals surface area contributed by atoms with E-state index >= 15 is 0 Å². The maximum Gasteiger partial charge on any atom is 0.319 e. The van der Waals surface area contributed by atoms with E-state index in [1.54, 1.807) is 25.3 Å². The number of hydrogen-bond donors (Lipinski definition) is 3. The number of hydrogen-bond acceptors (Lipinski definition) is 5. The second-order valence-corrected chi connectivity index (χ2v) is 8.02. The lowest BCUT2D eigenvalue weighted by Gasteiger charge is -2.11. The van der Waals surface area contributed by atoms with Gasteiger partial charge in [0.15, 0.2) is 0 Å². The van der Waals surface area contributed by atoms with Crippen molar-refractivity contribution in [1.82, 2.24) is 15.0 Å². The number of nitrogens with one attached hydrogen (secondary N) is 3. The number of aryl methyl sites for hydroxylation is 2. The Morgan fingerprint density at radius 1 is 1.30 bits per heavy atom. The van der Waals surface area contributed by atoms with E-state index in [1.807, 2.05) is 6.92 Å². The van der Waals surface area contributed by atoms with Crippen molar-refractivity contribution in [2.45, 2.75) is 25.3 Å². The number of urea groups is 1. The number of carbonyl (C=O) groups excluding carboxylic acids is 1. The molecule has 0 saturated heterocycles. The highest BCUT2D eigenvalue weighted by molar-refractivity contribution is 7.89. The van der Waals surface area contributed by atoms with Gasteiger partial charge >= 0.3 is 6.03 Å². The van der Waals surface area contributed by atoms with E-state index in [0.717, 1.165) is 9.88 Å². The van der Waals surface area contributed by atoms with Gasteiger partial charge in [-0.25, -0.2) is 22.9 Å². The summed E-state index contributed by atoms with van der Waals surface area (Å²) in [5, 5.41) is 6.26. The molecule has 23 heavy (non-hydrogen) atoms. The number of amides is 2. The molecule has 0 saturated carbocycles. The van der Waals surface area contributed by atoms with E-state index < -0.39 is 16.1 Å². The minimum Gasteiger partial charge on any atom is -0.333 e. The largest absolute Gasteiger partial charge is 0.333 e. The van der Waals surface area contributed by atoms with Crippen LogP contribution in [0.3, 0.4) is 0 Å². The molecule has 0 aliphatic heterocycles. The third-order valence-electron chi connectivity index (χ3n) is 3.10. The smallest absolute Gasteiger partial charge is 0.319 e. The Balaban J connectivity index is 2.05. The molecule has 1 aromatic carbocycles. The summed E-state index contributed by atoms with van der Waals surface area (Å²) in [7, 11) is -2.22. The van der Waals surface area contributed by atoms with Crippen molar-refractivity contribution in [2.24, 2.45) is 0 Å². The third-order valence-corrected chi connectivity index (χ3v) is 5.57. The van der Waals surface area contributed by atoms with Crippen molar-refractivity contribution in [1.29, 1.82) is 0 Å². The molecule has 0 unspecified atom stereocenters. The van der Waals surface area contributed by atoms with Gasteiger partial charge < -0.3 is 10.6 Å². The fourth-order valence-corrected chi connectivity index (χ4v) is 3.64. The number of rotatable bonds is 5. The van der Waals surface area contributed by atoms with E-state index in [-0.39, 0.29) is 4.90 Å². The molecule has 7 nitrogen and oxygen atoms in total. The molecule has 0 fully saturated rings. The Labute approximate surface area is 139 Å². The predicted octanol–water partition coefficient (Wildman–Crippen LogP) is 1.99. The average molecular weight is 354 g/mol. The summed E-state index contributed by atoms with van der Waals surface area (Å²) in [6.45, 7) is 3.95. The van der Waals surface area contributed by atoms with Gasteiger partial charge in [0.1, 0.15) is 0 Å². The first kappa shape index (κ1) is 17.4. The first-order chi connectivity index (χ1) is 10.8. The normalized spacial score (nSPS) is 11.3. The van der Waals surface area contributed by atoms with Gasteiger partial charge in [-0.05, 0) is 38.6 Å². The summed E-state index contributed by atoms with van der Waals surface area (Å²) in [5.41, 5.74) is 1.01. The molecule has 0 atom stereocenters. The number of sulfonamides is 1. The predicted molar refractivity (Wildman–Crippen MR) is 90.1 cm³/mol. The van der Waals surface area contributed by atoms with E-state index in [2.05, 4.69) is 20.3 Å². The van der Waals surface area contributed by atoms with Crippen LogP contribution < -0.4 is 15.4 Å². The third kappa shape index (κ3) is 4.50. The molecule has 3 N–H and O–H groups in total. The van der Waals surface area contributed by atoms with E-state index in [0.29, 0.717) is 17.8 Å². The highest BCUT2D eigenvalue weighted by Gasteiger charge is 2.15. The molecule has 124 valence electrons. The summed E-state index contributed by atoms with van der Waals surface area (Å²) >= 11 is 1.51. The highest BCUT2D eigenvalue weighted by Crippen LogP contribution is 2.20. The summed E-state index contributed by atoms with van der Waals surface area (Å²) in [5.74, 6) is 0. The first-order valence-corrected chi connectivity index (χ1v) is 9.12. The van der Waals surface area contributed by atoms with E-state index in [1.165, 1.54) is 24.5 Å². The van der Waals surface area contributed by atoms with Crippen molar-refractivity contribution in [3.05, 3.63) is 39.8 Å². The topological polar surface area (TPSA) is 100 Å². The molecule has 0 radical (unpaired) electrons. The fraction of sp³-hybridized carbons (Fsp3) is 0.286. The number of anilines is 1. The highest BCUT2D eigenvalue weighted by atomic mass is 32.2. The molecular weight excluding hydrogens is 336 g/mol. The van der Waals surface area contributed by atoms with Crippen LogP contribution in [0, 0.1) is 13.8 Å². The van der Waals surface area contributed by atoms with Gasteiger partial charge in [0, 0.05) is 16.8 Å². The lowest BCUT2D eigenvalue weighted by atomic mass is 10.2. The van der Waals surface area contributed by atoms with Gasteiger partial charge in [0.25, 0.3) is 0 Å². The molecule has 2 aromatic rings. The van der Waals surface area contributed by atoms with E-state index in [4.69, 9.17) is 0 Å². The van der Waals surface area contributed by atoms with Gasteiger partial charge in [-0.1, -0.05) is 6.07 Å². The summed E-state index contributed by atoms with van der Waals surface area (Å²) in [4.78, 5) is 17.1. The van der Waals surface area contributed by atoms with Gasteiger partial charge in [-0.3, -0.25) is 0 Å². The molecule has 0 spiro atoms. The second-order valence-electron chi connectivity index (χ2n) is 4.84. The molecule has 2 rings (SSSR count). The van der Waals surface area contributed by atoms with Crippen LogP contribution in [0.2, 0.25) is 0 Å². The maximum atomic E-state index is 11.9. The minimum atomic E-state index is -3.57. The van der Waals surface area contributed by atoms with Crippen molar-refractivity contribution >= 4 is 33.1 Å². The lowest BCUT2D eigenvalue weighted by Crippen LogP contribution is -2.28. The number of nitrogens with zero attached hydrogens (tertiary/aromatic N) is 1. The van der Waals surface area contributed by atoms with Crippen LogP contribution >= 0.6 is 11.3 Å². The number of thiazole rings is 1. The van der Waals surface area contributed by atoms with Crippen LogP contribution in [0.5, 0.6) is 0 Å². The number of benzene rings is 1. The Hall–Kier alpha value is -1.97. The lowest BCUT2D eigenvalue weighted by molar-refractivity contribution is 0.252. The first-order valence-electron chi connectivity index (χ1n) is 6.82. The van der Waals surface area contributed by atoms with Crippen molar-refractivity contribution < 1.29 is 13.2 Å². The van der Waals surface area contributed by atoms with Crippen LogP contribution in [0.15, 0.2) is 29.3 Å². The Morgan fingerprint density at radius 2 is 2.04 bits per heavy atom. The standard InChI is InChI=1S/C14H18N4O3S2/c1-9-4-5-11(6-13(9)23(20,21)15-3)18-14(19)17-8-12-7-16-10(2)22-12/h4-7,15H,8H2,1-3H3,(H2,17,18,19). The maximum absolute atomic E-state index is 11.9. The summed E-state index contributed by atoms with van der Waals surface area (Å²) in [6.07, 6.45) is 1.71. The molecule has 0 aliphatic carbocycles. The average Bonchev–Trinajstić information content (AvgIpc) is 2.92. The van der Waals surface area contributed by atoms with Crippen molar-refractivity contribution in [3.8, 4) is 0 Å². The zero-order valence-electron chi connectivity index (χ0n) is 13.0. The summed E-state index contributed by atoms with van der Waals surface area (Å²) in [6, 6.07) is 4.32. The zero-order chi connectivity index (χ0) is 17.0. The molecule has 2 amide bonds. The molecule has 1 heterocycles. The van der Waals surface area contributed by atoms with Gasteiger partial charge in [-0.15, -0.1) is 11.3 Å². The number of aromatic nitrogens is 1. The molecular formula is C14H18N4O3S2. The second kappa shape index (κ2) is 7.07. The van der Waals surface area contributed by atoms with Crippen LogP contribution in [-0.2, 0) is 16.6 Å². The van der Waals surface area contributed by atoms with E-state index in [9.17, 15) is 13.2 Å². The fourth-order valence-electron chi connectivity index (χ4n) is 1.91. The van der Waals surface area contributed by atoms with Gasteiger partial charge in [0.05, 0.1) is 16.4 Å². The van der Waals surface area contributed by atoms with Crippen LogP contribution in [0.4, 0.5) is 10.5 Å². The summed E-state index contributed by atoms with van der Waals surface area (Å²) < 4.78 is 26.1. The Bertz CT molecular complexity index is 815. The number of carbonyl (C=O) groups is 1. The van der Waals surface area contributed by atoms with Gasteiger partial charge in [-0.2, -0.15) is 0 Å². The molecule has 0 aliphatic rings. The SMILES string of the molecule is CNS(=O)(=O)c1cc(NC(=O)NCc2cnc(C)s2)ccc1C. The van der Waals surface area contributed by atoms with Gasteiger partial charge in [0.2, 0.25) is 10.0 Å². The van der Waals surface area contributed by atoms with Crippen LogP contribution in [0.25, 0.3) is 0 Å². The zero-order valence-corrected chi connectivity index (χ0v) is 14.6. The quantitative estimate of drug-likeness (QED) is 0.764. The minimum absolute atomic E-state index is 0.135. The monoisotopic (exact) mass is 354 g/mol.